The second-order valence-electron chi connectivity index (χ2n) is 5.58. The number of para-hydroxylation sites is 2. The van der Waals surface area contributed by atoms with E-state index in [1.165, 1.54) is 18.2 Å². The van der Waals surface area contributed by atoms with Gasteiger partial charge in [-0.2, -0.15) is 22.0 Å². The topological polar surface area (TPSA) is 43.1 Å². The molecule has 0 unspecified atom stereocenters. The van der Waals surface area contributed by atoms with Gasteiger partial charge in [-0.15, -0.1) is 10.2 Å². The highest BCUT2D eigenvalue weighted by Crippen LogP contribution is 2.44. The van der Waals surface area contributed by atoms with Crippen molar-refractivity contribution in [2.75, 3.05) is 0 Å². The van der Waals surface area contributed by atoms with E-state index in [1.54, 1.807) is 36.4 Å². The van der Waals surface area contributed by atoms with Crippen LogP contribution < -0.4 is 0 Å². The first-order valence-electron chi connectivity index (χ1n) is 7.61. The van der Waals surface area contributed by atoms with E-state index in [2.05, 4.69) is 15.2 Å². The number of alkyl halides is 5. The number of nitrogens with zero attached hydrogens (tertiary/aromatic N) is 4. The molecule has 0 aliphatic carbocycles. The molecule has 0 aliphatic rings. The average Bonchev–Trinajstić information content (AvgIpc) is 3.08. The van der Waals surface area contributed by atoms with Crippen LogP contribution in [-0.2, 0) is 5.92 Å². The number of rotatable bonds is 3. The molecule has 0 amide bonds. The van der Waals surface area contributed by atoms with Gasteiger partial charge < -0.3 is 0 Å². The van der Waals surface area contributed by atoms with Gasteiger partial charge in [0.2, 0.25) is 5.82 Å². The maximum absolute atomic E-state index is 14.0. The molecular formula is C17H9F5N4S. The number of hydrogen-bond acceptors (Lipinski definition) is 4. The molecular weight excluding hydrogens is 387 g/mol. The summed E-state index contributed by atoms with van der Waals surface area (Å²) in [6, 6.07) is 14.9. The van der Waals surface area contributed by atoms with Crippen LogP contribution in [-0.4, -0.2) is 25.8 Å². The lowest BCUT2D eigenvalue weighted by atomic mass is 10.2. The van der Waals surface area contributed by atoms with Gasteiger partial charge in [0, 0.05) is 4.90 Å². The molecule has 4 nitrogen and oxygen atoms in total. The summed E-state index contributed by atoms with van der Waals surface area (Å²) in [6.07, 6.45) is -5.80. The summed E-state index contributed by atoms with van der Waals surface area (Å²) in [5.74, 6) is -6.65. The summed E-state index contributed by atoms with van der Waals surface area (Å²) in [6.45, 7) is 0. The van der Waals surface area contributed by atoms with Crippen LogP contribution in [0.1, 0.15) is 5.82 Å². The van der Waals surface area contributed by atoms with Crippen molar-refractivity contribution in [2.24, 2.45) is 0 Å². The van der Waals surface area contributed by atoms with Crippen molar-refractivity contribution < 1.29 is 22.0 Å². The van der Waals surface area contributed by atoms with Crippen LogP contribution in [0.3, 0.4) is 0 Å². The van der Waals surface area contributed by atoms with Gasteiger partial charge in [-0.3, -0.25) is 4.40 Å². The maximum atomic E-state index is 14.0. The molecule has 4 rings (SSSR count). The first-order valence-corrected chi connectivity index (χ1v) is 8.42. The fourth-order valence-corrected chi connectivity index (χ4v) is 3.44. The summed E-state index contributed by atoms with van der Waals surface area (Å²) in [7, 11) is 0. The van der Waals surface area contributed by atoms with E-state index in [4.69, 9.17) is 0 Å². The van der Waals surface area contributed by atoms with E-state index >= 15 is 0 Å². The summed E-state index contributed by atoms with van der Waals surface area (Å²) in [5, 5.41) is 6.95. The van der Waals surface area contributed by atoms with Gasteiger partial charge in [0.05, 0.1) is 11.0 Å². The number of aromatic nitrogens is 4. The van der Waals surface area contributed by atoms with Crippen LogP contribution in [0.5, 0.6) is 0 Å². The van der Waals surface area contributed by atoms with Crippen LogP contribution >= 0.6 is 11.8 Å². The summed E-state index contributed by atoms with van der Waals surface area (Å²) in [4.78, 5) is 5.10. The zero-order valence-corrected chi connectivity index (χ0v) is 14.1. The van der Waals surface area contributed by atoms with E-state index in [0.717, 1.165) is 21.1 Å². The monoisotopic (exact) mass is 396 g/mol. The third-order valence-electron chi connectivity index (χ3n) is 3.79. The van der Waals surface area contributed by atoms with Crippen molar-refractivity contribution in [3.63, 3.8) is 0 Å². The minimum absolute atomic E-state index is 0.0637. The quantitative estimate of drug-likeness (QED) is 0.453. The second-order valence-corrected chi connectivity index (χ2v) is 6.64. The first-order chi connectivity index (χ1) is 12.8. The predicted molar refractivity (Wildman–Crippen MR) is 88.8 cm³/mol. The Morgan fingerprint density at radius 2 is 1.48 bits per heavy atom. The third kappa shape index (κ3) is 2.89. The van der Waals surface area contributed by atoms with Gasteiger partial charge in [-0.25, -0.2) is 4.98 Å². The predicted octanol–water partition coefficient (Wildman–Crippen LogP) is 5.08. The highest BCUT2D eigenvalue weighted by molar-refractivity contribution is 7.99. The highest BCUT2D eigenvalue weighted by atomic mass is 32.2. The maximum Gasteiger partial charge on any atom is 0.461 e. The number of fused-ring (bicyclic) bond motifs is 3. The van der Waals surface area contributed by atoms with Crippen LogP contribution in [0.4, 0.5) is 22.0 Å². The van der Waals surface area contributed by atoms with Crippen molar-refractivity contribution in [3.05, 3.63) is 60.4 Å². The Morgan fingerprint density at radius 1 is 0.815 bits per heavy atom. The molecule has 0 aliphatic heterocycles. The Kier molecular flexibility index (Phi) is 4.02. The smallest absolute Gasteiger partial charge is 0.270 e. The normalized spacial score (nSPS) is 12.8. The lowest BCUT2D eigenvalue weighted by Gasteiger charge is -2.18. The van der Waals surface area contributed by atoms with Crippen molar-refractivity contribution in [1.82, 2.24) is 19.6 Å². The molecule has 2 aromatic carbocycles. The molecule has 2 heterocycles. The average molecular weight is 396 g/mol. The largest absolute Gasteiger partial charge is 0.461 e. The molecule has 2 aromatic heterocycles. The number of halogens is 5. The summed E-state index contributed by atoms with van der Waals surface area (Å²) in [5.41, 5.74) is 0.151. The van der Waals surface area contributed by atoms with Crippen molar-refractivity contribution in [1.29, 1.82) is 0 Å². The molecule has 0 fully saturated rings. The molecule has 4 aromatic rings. The summed E-state index contributed by atoms with van der Waals surface area (Å²) < 4.78 is 67.6. The van der Waals surface area contributed by atoms with Crippen LogP contribution in [0, 0.1) is 0 Å². The van der Waals surface area contributed by atoms with Gasteiger partial charge >= 0.3 is 12.1 Å². The summed E-state index contributed by atoms with van der Waals surface area (Å²) >= 11 is 1.10. The lowest BCUT2D eigenvalue weighted by molar-refractivity contribution is -0.292. The van der Waals surface area contributed by atoms with E-state index in [9.17, 15) is 22.0 Å². The van der Waals surface area contributed by atoms with Crippen LogP contribution in [0.2, 0.25) is 0 Å². The van der Waals surface area contributed by atoms with E-state index in [1.807, 2.05) is 0 Å². The molecule has 0 atom stereocenters. The van der Waals surface area contributed by atoms with E-state index < -0.39 is 17.9 Å². The molecule has 0 saturated carbocycles. The second kappa shape index (κ2) is 6.15. The number of benzene rings is 2. The fraction of sp³-hybridized carbons (Fsp3) is 0.118. The molecule has 0 radical (unpaired) electrons. The van der Waals surface area contributed by atoms with Crippen molar-refractivity contribution in [2.45, 2.75) is 22.0 Å². The van der Waals surface area contributed by atoms with Gasteiger partial charge in [0.15, 0.2) is 5.65 Å². The Morgan fingerprint density at radius 3 is 2.19 bits per heavy atom. The fourth-order valence-electron chi connectivity index (χ4n) is 2.56. The van der Waals surface area contributed by atoms with E-state index in [-0.39, 0.29) is 21.7 Å². The Hall–Kier alpha value is -2.75. The molecule has 27 heavy (non-hydrogen) atoms. The zero-order chi connectivity index (χ0) is 19.2. The SMILES string of the molecule is FC(F)(F)C(F)(F)c1nnc2c(Sc3ccccc3)nc3ccccc3n12. The van der Waals surface area contributed by atoms with Crippen LogP contribution in [0.25, 0.3) is 16.7 Å². The van der Waals surface area contributed by atoms with Crippen molar-refractivity contribution >= 4 is 28.4 Å². The van der Waals surface area contributed by atoms with Gasteiger partial charge in [-0.1, -0.05) is 42.1 Å². The molecule has 0 saturated heterocycles. The van der Waals surface area contributed by atoms with Crippen LogP contribution in [0.15, 0.2) is 64.5 Å². The molecule has 0 bridgehead atoms. The van der Waals surface area contributed by atoms with Crippen molar-refractivity contribution in [3.8, 4) is 0 Å². The first kappa shape index (κ1) is 17.7. The Balaban J connectivity index is 2.01. The molecule has 138 valence electrons. The standard InChI is InChI=1S/C17H9F5N4S/c18-16(19,17(20,21)22)15-25-24-13-14(27-10-6-2-1-3-7-10)23-11-8-4-5-9-12(11)26(13)15/h1-9H. The molecule has 10 heteroatoms. The minimum atomic E-state index is -5.80. The van der Waals surface area contributed by atoms with Gasteiger partial charge in [-0.05, 0) is 24.3 Å². The Bertz CT molecular complexity index is 1120. The zero-order valence-electron chi connectivity index (χ0n) is 13.3. The van der Waals surface area contributed by atoms with E-state index in [0.29, 0.717) is 0 Å². The van der Waals surface area contributed by atoms with Gasteiger partial charge in [0.25, 0.3) is 0 Å². The Labute approximate surface area is 153 Å². The molecule has 0 spiro atoms. The highest BCUT2D eigenvalue weighted by Gasteiger charge is 2.62. The number of hydrogen-bond donors (Lipinski definition) is 0. The lowest BCUT2D eigenvalue weighted by Crippen LogP contribution is -2.35. The third-order valence-corrected chi connectivity index (χ3v) is 4.77. The minimum Gasteiger partial charge on any atom is -0.270 e. The van der Waals surface area contributed by atoms with Gasteiger partial charge in [0.1, 0.15) is 5.03 Å². The molecule has 0 N–H and O–H groups in total.